The van der Waals surface area contributed by atoms with Gasteiger partial charge in [-0.1, -0.05) is 55.2 Å². The van der Waals surface area contributed by atoms with Crippen molar-refractivity contribution in [1.82, 2.24) is 9.97 Å². The molecule has 1 aromatic heterocycles. The van der Waals surface area contributed by atoms with Gasteiger partial charge in [0.15, 0.2) is 0 Å². The van der Waals surface area contributed by atoms with E-state index >= 15 is 0 Å². The van der Waals surface area contributed by atoms with Gasteiger partial charge in [-0.25, -0.2) is 14.4 Å². The monoisotopic (exact) mass is 330 g/mol. The number of thioether (sulfide) groups is 1. The SMILES string of the molecule is CC(C)SCc1nc(Cl)c(-c2ccccc2F)c(Cl)n1. The van der Waals surface area contributed by atoms with E-state index < -0.39 is 5.82 Å². The number of nitrogens with zero attached hydrogens (tertiary/aromatic N) is 2. The van der Waals surface area contributed by atoms with Gasteiger partial charge in [0.05, 0.1) is 11.3 Å². The first-order valence-corrected chi connectivity index (χ1v) is 7.88. The minimum Gasteiger partial charge on any atom is -0.220 e. The van der Waals surface area contributed by atoms with Gasteiger partial charge in [-0.05, 0) is 11.3 Å². The van der Waals surface area contributed by atoms with Crippen molar-refractivity contribution in [3.63, 3.8) is 0 Å². The number of aromatic nitrogens is 2. The lowest BCUT2D eigenvalue weighted by molar-refractivity contribution is 0.631. The molecule has 0 aliphatic carbocycles. The molecule has 0 N–H and O–H groups in total. The fourth-order valence-electron chi connectivity index (χ4n) is 1.64. The molecular formula is C14H13Cl2FN2S. The summed E-state index contributed by atoms with van der Waals surface area (Å²) >= 11 is 14.0. The van der Waals surface area contributed by atoms with Crippen LogP contribution in [0.25, 0.3) is 11.1 Å². The molecule has 1 aromatic carbocycles. The largest absolute Gasteiger partial charge is 0.220 e. The standard InChI is InChI=1S/C14H13Cl2FN2S/c1-8(2)20-7-11-18-13(15)12(14(16)19-11)9-5-3-4-6-10(9)17/h3-6,8H,7H2,1-2H3. The molecule has 0 saturated carbocycles. The Balaban J connectivity index is 2.39. The Hall–Kier alpha value is -0.840. The normalized spacial score (nSPS) is 11.1. The first-order chi connectivity index (χ1) is 9.49. The van der Waals surface area contributed by atoms with Crippen LogP contribution in [0.15, 0.2) is 24.3 Å². The van der Waals surface area contributed by atoms with Gasteiger partial charge >= 0.3 is 0 Å². The van der Waals surface area contributed by atoms with Crippen LogP contribution < -0.4 is 0 Å². The summed E-state index contributed by atoms with van der Waals surface area (Å²) in [5.74, 6) is 0.775. The molecule has 0 aliphatic heterocycles. The molecule has 0 spiro atoms. The highest BCUT2D eigenvalue weighted by Gasteiger charge is 2.16. The molecule has 0 radical (unpaired) electrons. The zero-order valence-corrected chi connectivity index (χ0v) is 13.4. The highest BCUT2D eigenvalue weighted by molar-refractivity contribution is 7.99. The lowest BCUT2D eigenvalue weighted by atomic mass is 10.1. The van der Waals surface area contributed by atoms with Gasteiger partial charge in [0, 0.05) is 5.56 Å². The van der Waals surface area contributed by atoms with Gasteiger partial charge in [0.1, 0.15) is 21.9 Å². The van der Waals surface area contributed by atoms with Gasteiger partial charge in [0.2, 0.25) is 0 Å². The number of hydrogen-bond acceptors (Lipinski definition) is 3. The molecule has 2 aromatic rings. The van der Waals surface area contributed by atoms with E-state index in [9.17, 15) is 4.39 Å². The summed E-state index contributed by atoms with van der Waals surface area (Å²) in [7, 11) is 0. The maximum atomic E-state index is 13.8. The molecular weight excluding hydrogens is 318 g/mol. The maximum absolute atomic E-state index is 13.8. The van der Waals surface area contributed by atoms with Crippen LogP contribution >= 0.6 is 35.0 Å². The van der Waals surface area contributed by atoms with Crippen molar-refractivity contribution in [3.8, 4) is 11.1 Å². The summed E-state index contributed by atoms with van der Waals surface area (Å²) < 4.78 is 13.8. The summed E-state index contributed by atoms with van der Waals surface area (Å²) in [6.45, 7) is 4.17. The summed E-state index contributed by atoms with van der Waals surface area (Å²) in [5.41, 5.74) is 0.648. The summed E-state index contributed by atoms with van der Waals surface area (Å²) in [4.78, 5) is 8.41. The van der Waals surface area contributed by atoms with Crippen molar-refractivity contribution < 1.29 is 4.39 Å². The van der Waals surface area contributed by atoms with E-state index in [0.29, 0.717) is 28.0 Å². The van der Waals surface area contributed by atoms with Crippen molar-refractivity contribution in [2.75, 3.05) is 0 Å². The molecule has 0 fully saturated rings. The van der Waals surface area contributed by atoms with E-state index in [1.54, 1.807) is 30.0 Å². The Labute approximate surface area is 131 Å². The highest BCUT2D eigenvalue weighted by atomic mass is 35.5. The number of rotatable bonds is 4. The van der Waals surface area contributed by atoms with Gasteiger partial charge < -0.3 is 0 Å². The number of hydrogen-bond donors (Lipinski definition) is 0. The molecule has 0 atom stereocenters. The number of halogens is 3. The van der Waals surface area contributed by atoms with Crippen LogP contribution in [0.4, 0.5) is 4.39 Å². The van der Waals surface area contributed by atoms with Crippen LogP contribution in [0.1, 0.15) is 19.7 Å². The topological polar surface area (TPSA) is 25.8 Å². The van der Waals surface area contributed by atoms with Crippen LogP contribution in [-0.2, 0) is 5.75 Å². The zero-order valence-electron chi connectivity index (χ0n) is 11.0. The maximum Gasteiger partial charge on any atom is 0.142 e. The van der Waals surface area contributed by atoms with Crippen molar-refractivity contribution in [2.24, 2.45) is 0 Å². The molecule has 106 valence electrons. The third kappa shape index (κ3) is 3.62. The van der Waals surface area contributed by atoms with E-state index in [-0.39, 0.29) is 10.3 Å². The molecule has 6 heteroatoms. The summed E-state index contributed by atoms with van der Waals surface area (Å²) in [6, 6.07) is 6.28. The van der Waals surface area contributed by atoms with Crippen LogP contribution in [0.2, 0.25) is 10.3 Å². The van der Waals surface area contributed by atoms with Crippen LogP contribution in [-0.4, -0.2) is 15.2 Å². The molecule has 0 aliphatic rings. The molecule has 2 nitrogen and oxygen atoms in total. The van der Waals surface area contributed by atoms with Crippen LogP contribution in [0, 0.1) is 5.82 Å². The Morgan fingerprint density at radius 2 is 1.75 bits per heavy atom. The first kappa shape index (κ1) is 15.5. The van der Waals surface area contributed by atoms with Crippen molar-refractivity contribution in [2.45, 2.75) is 24.9 Å². The van der Waals surface area contributed by atoms with Crippen LogP contribution in [0.3, 0.4) is 0 Å². The van der Waals surface area contributed by atoms with Crippen molar-refractivity contribution in [1.29, 1.82) is 0 Å². The molecule has 0 bridgehead atoms. The third-order valence-corrected chi connectivity index (χ3v) is 4.19. The summed E-state index contributed by atoms with van der Waals surface area (Å²) in [6.07, 6.45) is 0. The van der Waals surface area contributed by atoms with Crippen molar-refractivity contribution in [3.05, 3.63) is 46.2 Å². The molecule has 2 rings (SSSR count). The third-order valence-electron chi connectivity index (χ3n) is 2.56. The molecule has 0 amide bonds. The van der Waals surface area contributed by atoms with Gasteiger partial charge in [-0.15, -0.1) is 0 Å². The van der Waals surface area contributed by atoms with Crippen LogP contribution in [0.5, 0.6) is 0 Å². The van der Waals surface area contributed by atoms with Gasteiger partial charge in [-0.2, -0.15) is 11.8 Å². The minimum absolute atomic E-state index is 0.175. The number of benzene rings is 1. The van der Waals surface area contributed by atoms with E-state index in [1.807, 2.05) is 0 Å². The lowest BCUT2D eigenvalue weighted by Gasteiger charge is -2.10. The van der Waals surface area contributed by atoms with Gasteiger partial charge in [-0.3, -0.25) is 0 Å². The van der Waals surface area contributed by atoms with E-state index in [0.717, 1.165) is 0 Å². The Morgan fingerprint density at radius 3 is 2.30 bits per heavy atom. The fraction of sp³-hybridized carbons (Fsp3) is 0.286. The minimum atomic E-state index is -0.399. The highest BCUT2D eigenvalue weighted by Crippen LogP contribution is 2.34. The second-order valence-corrected chi connectivity index (χ2v) is 6.72. The fourth-order valence-corrected chi connectivity index (χ4v) is 2.88. The van der Waals surface area contributed by atoms with Crippen molar-refractivity contribution >= 4 is 35.0 Å². The molecule has 1 heterocycles. The Kier molecular flexibility index (Phi) is 5.24. The van der Waals surface area contributed by atoms with Gasteiger partial charge in [0.25, 0.3) is 0 Å². The van der Waals surface area contributed by atoms with E-state index in [4.69, 9.17) is 23.2 Å². The quantitative estimate of drug-likeness (QED) is 0.717. The second-order valence-electron chi connectivity index (χ2n) is 4.44. The predicted octanol–water partition coefficient (Wildman–Crippen LogP) is 5.23. The second kappa shape index (κ2) is 6.74. The lowest BCUT2D eigenvalue weighted by Crippen LogP contribution is -1.99. The molecule has 20 heavy (non-hydrogen) atoms. The zero-order chi connectivity index (χ0) is 14.7. The molecule has 0 saturated heterocycles. The Morgan fingerprint density at radius 1 is 1.15 bits per heavy atom. The van der Waals surface area contributed by atoms with E-state index in [2.05, 4.69) is 23.8 Å². The first-order valence-electron chi connectivity index (χ1n) is 6.07. The average molecular weight is 331 g/mol. The summed E-state index contributed by atoms with van der Waals surface area (Å²) in [5, 5.41) is 0.811. The average Bonchev–Trinajstić information content (AvgIpc) is 2.38. The molecule has 0 unspecified atom stereocenters. The predicted molar refractivity (Wildman–Crippen MR) is 83.9 cm³/mol. The smallest absolute Gasteiger partial charge is 0.142 e. The Bertz CT molecular complexity index is 597. The van der Waals surface area contributed by atoms with E-state index in [1.165, 1.54) is 6.07 Å².